The molecule has 7 heteroatoms. The van der Waals surface area contributed by atoms with Crippen LogP contribution in [0.5, 0.6) is 0 Å². The van der Waals surface area contributed by atoms with Crippen molar-refractivity contribution < 1.29 is 22.0 Å². The van der Waals surface area contributed by atoms with Crippen LogP contribution in [0.3, 0.4) is 0 Å². The Morgan fingerprint density at radius 2 is 1.67 bits per heavy atom. The number of hydrogen-bond donors (Lipinski definition) is 1. The van der Waals surface area contributed by atoms with E-state index in [1.54, 1.807) is 0 Å². The normalized spacial score (nSPS) is 11.5. The summed E-state index contributed by atoms with van der Waals surface area (Å²) in [5.41, 5.74) is -1.17. The standard InChI is InChI=1S/C14H9ClF5N/c15-10-3-1-8(12(17)6-10)7-21-13-5-9(14(18,19)20)2-4-11(13)16/h1-6,21H,7H2. The Kier molecular flexibility index (Phi) is 4.37. The third-order valence-corrected chi connectivity index (χ3v) is 3.01. The molecule has 0 unspecified atom stereocenters. The first-order chi connectivity index (χ1) is 9.77. The van der Waals surface area contributed by atoms with Gasteiger partial charge in [0, 0.05) is 17.1 Å². The highest BCUT2D eigenvalue weighted by Crippen LogP contribution is 2.32. The van der Waals surface area contributed by atoms with Crippen molar-refractivity contribution in [1.29, 1.82) is 0 Å². The summed E-state index contributed by atoms with van der Waals surface area (Å²) in [6.07, 6.45) is -4.57. The third kappa shape index (κ3) is 3.85. The highest BCUT2D eigenvalue weighted by molar-refractivity contribution is 6.30. The van der Waals surface area contributed by atoms with E-state index in [1.807, 2.05) is 0 Å². The molecule has 0 saturated carbocycles. The fourth-order valence-electron chi connectivity index (χ4n) is 1.69. The second-order valence-electron chi connectivity index (χ2n) is 4.28. The fraction of sp³-hybridized carbons (Fsp3) is 0.143. The zero-order valence-corrected chi connectivity index (χ0v) is 11.2. The maximum atomic E-state index is 13.5. The molecule has 0 atom stereocenters. The van der Waals surface area contributed by atoms with Crippen LogP contribution in [0.4, 0.5) is 27.6 Å². The zero-order chi connectivity index (χ0) is 15.6. The number of anilines is 1. The van der Waals surface area contributed by atoms with Gasteiger partial charge in [-0.2, -0.15) is 13.2 Å². The van der Waals surface area contributed by atoms with Gasteiger partial charge in [0.2, 0.25) is 0 Å². The predicted molar refractivity (Wildman–Crippen MR) is 70.1 cm³/mol. The van der Waals surface area contributed by atoms with Gasteiger partial charge in [0.1, 0.15) is 11.6 Å². The van der Waals surface area contributed by atoms with Crippen molar-refractivity contribution in [2.45, 2.75) is 12.7 Å². The van der Waals surface area contributed by atoms with E-state index in [0.29, 0.717) is 18.2 Å². The van der Waals surface area contributed by atoms with E-state index in [-0.39, 0.29) is 22.8 Å². The van der Waals surface area contributed by atoms with E-state index in [2.05, 4.69) is 5.32 Å². The summed E-state index contributed by atoms with van der Waals surface area (Å²) in [6, 6.07) is 5.87. The van der Waals surface area contributed by atoms with Crippen molar-refractivity contribution in [3.05, 3.63) is 64.2 Å². The minimum Gasteiger partial charge on any atom is -0.378 e. The van der Waals surface area contributed by atoms with Crippen LogP contribution in [0, 0.1) is 11.6 Å². The Balaban J connectivity index is 2.19. The van der Waals surface area contributed by atoms with E-state index < -0.39 is 23.4 Å². The van der Waals surface area contributed by atoms with Crippen LogP contribution in [0.2, 0.25) is 5.02 Å². The van der Waals surface area contributed by atoms with Crippen molar-refractivity contribution in [1.82, 2.24) is 0 Å². The summed E-state index contributed by atoms with van der Waals surface area (Å²) in [7, 11) is 0. The van der Waals surface area contributed by atoms with Crippen LogP contribution in [0.1, 0.15) is 11.1 Å². The predicted octanol–water partition coefficient (Wildman–Crippen LogP) is 5.25. The fourth-order valence-corrected chi connectivity index (χ4v) is 1.85. The molecule has 0 spiro atoms. The largest absolute Gasteiger partial charge is 0.416 e. The summed E-state index contributed by atoms with van der Waals surface area (Å²) in [5, 5.41) is 2.64. The van der Waals surface area contributed by atoms with Crippen LogP contribution in [0.25, 0.3) is 0 Å². The first kappa shape index (κ1) is 15.6. The lowest BCUT2D eigenvalue weighted by Gasteiger charge is -2.12. The monoisotopic (exact) mass is 321 g/mol. The lowest BCUT2D eigenvalue weighted by atomic mass is 10.1. The van der Waals surface area contributed by atoms with Crippen LogP contribution >= 0.6 is 11.6 Å². The van der Waals surface area contributed by atoms with Crippen molar-refractivity contribution in [2.75, 3.05) is 5.32 Å². The molecule has 0 aliphatic rings. The van der Waals surface area contributed by atoms with Gasteiger partial charge in [-0.1, -0.05) is 17.7 Å². The molecule has 112 valence electrons. The molecule has 2 rings (SSSR count). The second kappa shape index (κ2) is 5.89. The van der Waals surface area contributed by atoms with E-state index in [4.69, 9.17) is 11.6 Å². The highest BCUT2D eigenvalue weighted by atomic mass is 35.5. The zero-order valence-electron chi connectivity index (χ0n) is 10.4. The van der Waals surface area contributed by atoms with Gasteiger partial charge in [0.15, 0.2) is 0 Å². The van der Waals surface area contributed by atoms with Gasteiger partial charge in [-0.15, -0.1) is 0 Å². The van der Waals surface area contributed by atoms with Gasteiger partial charge < -0.3 is 5.32 Å². The van der Waals surface area contributed by atoms with Gasteiger partial charge in [-0.25, -0.2) is 8.78 Å². The summed E-state index contributed by atoms with van der Waals surface area (Å²) in [4.78, 5) is 0. The van der Waals surface area contributed by atoms with E-state index in [9.17, 15) is 22.0 Å². The highest BCUT2D eigenvalue weighted by Gasteiger charge is 2.31. The molecule has 0 fully saturated rings. The average molecular weight is 322 g/mol. The lowest BCUT2D eigenvalue weighted by molar-refractivity contribution is -0.137. The quantitative estimate of drug-likeness (QED) is 0.761. The SMILES string of the molecule is Fc1cc(Cl)ccc1CNc1cc(C(F)(F)F)ccc1F. The lowest BCUT2D eigenvalue weighted by Crippen LogP contribution is -2.08. The molecular formula is C14H9ClF5N. The Morgan fingerprint density at radius 3 is 2.29 bits per heavy atom. The third-order valence-electron chi connectivity index (χ3n) is 2.78. The molecule has 0 aromatic heterocycles. The minimum absolute atomic E-state index is 0.163. The maximum Gasteiger partial charge on any atom is 0.416 e. The van der Waals surface area contributed by atoms with Crippen molar-refractivity contribution >= 4 is 17.3 Å². The van der Waals surface area contributed by atoms with Crippen molar-refractivity contribution in [3.8, 4) is 0 Å². The Morgan fingerprint density at radius 1 is 0.952 bits per heavy atom. The first-order valence-electron chi connectivity index (χ1n) is 5.82. The van der Waals surface area contributed by atoms with Crippen LogP contribution in [0.15, 0.2) is 36.4 Å². The van der Waals surface area contributed by atoms with Crippen molar-refractivity contribution in [2.24, 2.45) is 0 Å². The smallest absolute Gasteiger partial charge is 0.378 e. The van der Waals surface area contributed by atoms with Crippen LogP contribution in [-0.4, -0.2) is 0 Å². The first-order valence-corrected chi connectivity index (χ1v) is 6.20. The number of alkyl halides is 3. The second-order valence-corrected chi connectivity index (χ2v) is 4.72. The maximum absolute atomic E-state index is 13.5. The molecule has 0 radical (unpaired) electrons. The van der Waals surface area contributed by atoms with E-state index in [1.165, 1.54) is 12.1 Å². The molecule has 2 aromatic carbocycles. The van der Waals surface area contributed by atoms with Crippen molar-refractivity contribution in [3.63, 3.8) is 0 Å². The van der Waals surface area contributed by atoms with Gasteiger partial charge in [0.25, 0.3) is 0 Å². The molecule has 0 bridgehead atoms. The molecule has 0 saturated heterocycles. The average Bonchev–Trinajstić information content (AvgIpc) is 2.38. The number of halogens is 6. The minimum atomic E-state index is -4.57. The van der Waals surface area contributed by atoms with Crippen LogP contribution in [-0.2, 0) is 12.7 Å². The summed E-state index contributed by atoms with van der Waals surface area (Å²) in [5.74, 6) is -1.47. The van der Waals surface area contributed by atoms with Gasteiger partial charge in [-0.05, 0) is 30.3 Å². The van der Waals surface area contributed by atoms with E-state index >= 15 is 0 Å². The van der Waals surface area contributed by atoms with Gasteiger partial charge >= 0.3 is 6.18 Å². The van der Waals surface area contributed by atoms with Gasteiger partial charge in [0.05, 0.1) is 11.3 Å². The molecule has 1 N–H and O–H groups in total. The molecule has 1 nitrogen and oxygen atoms in total. The topological polar surface area (TPSA) is 12.0 Å². The number of rotatable bonds is 3. The Bertz CT molecular complexity index is 654. The number of benzene rings is 2. The Labute approximate surface area is 122 Å². The molecule has 2 aromatic rings. The van der Waals surface area contributed by atoms with Crippen LogP contribution < -0.4 is 5.32 Å². The summed E-state index contributed by atoms with van der Waals surface area (Å²) < 4.78 is 64.6. The Hall–Kier alpha value is -1.82. The molecule has 0 amide bonds. The van der Waals surface area contributed by atoms with Gasteiger partial charge in [-0.3, -0.25) is 0 Å². The number of hydrogen-bond acceptors (Lipinski definition) is 1. The molecular weight excluding hydrogens is 313 g/mol. The number of nitrogens with one attached hydrogen (secondary N) is 1. The summed E-state index contributed by atoms with van der Waals surface area (Å²) >= 11 is 5.58. The molecule has 0 aliphatic carbocycles. The molecule has 0 aliphatic heterocycles. The summed E-state index contributed by atoms with van der Waals surface area (Å²) in [6.45, 7) is -0.165. The van der Waals surface area contributed by atoms with E-state index in [0.717, 1.165) is 6.07 Å². The molecule has 21 heavy (non-hydrogen) atoms. The molecule has 0 heterocycles.